The molecule has 0 bridgehead atoms. The summed E-state index contributed by atoms with van der Waals surface area (Å²) < 4.78 is 6.26. The highest BCUT2D eigenvalue weighted by Crippen LogP contribution is 2.27. The number of nitrogens with one attached hydrogen (secondary N) is 1. The smallest absolute Gasteiger partial charge is 0.160 e. The third kappa shape index (κ3) is 4.86. The fourth-order valence-corrected chi connectivity index (χ4v) is 4.04. The predicted octanol–water partition coefficient (Wildman–Crippen LogP) is 5.89. The molecule has 3 aromatic carbocycles. The van der Waals surface area contributed by atoms with Crippen LogP contribution in [0.1, 0.15) is 16.7 Å². The lowest BCUT2D eigenvalue weighted by atomic mass is 10.1. The van der Waals surface area contributed by atoms with E-state index in [1.54, 1.807) is 13.2 Å². The topological polar surface area (TPSA) is 48.5 Å². The number of ether oxygens (including phenoxy) is 1. The van der Waals surface area contributed by atoms with Gasteiger partial charge in [0.15, 0.2) is 11.5 Å². The third-order valence-corrected chi connectivity index (χ3v) is 5.87. The first kappa shape index (κ1) is 20.5. The molecule has 154 valence electrons. The minimum absolute atomic E-state index is 0.176. The molecule has 0 aliphatic heterocycles. The molecular weight excluding hydrogens is 440 g/mol. The largest absolute Gasteiger partial charge is 0.504 e. The highest BCUT2D eigenvalue weighted by molar-refractivity contribution is 9.10. The normalized spacial score (nSPS) is 11.3. The molecule has 0 fully saturated rings. The number of rotatable bonds is 8. The number of hydrogen-bond acceptors (Lipinski definition) is 3. The fourth-order valence-electron chi connectivity index (χ4n) is 3.77. The van der Waals surface area contributed by atoms with Crippen LogP contribution < -0.4 is 4.74 Å². The second-order valence-corrected chi connectivity index (χ2v) is 8.37. The number of hydrogen-bond donors (Lipinski definition) is 2. The summed E-state index contributed by atoms with van der Waals surface area (Å²) in [5, 5.41) is 11.5. The van der Waals surface area contributed by atoms with Gasteiger partial charge < -0.3 is 14.8 Å². The van der Waals surface area contributed by atoms with Crippen molar-refractivity contribution in [3.8, 4) is 11.5 Å². The number of para-hydroxylation sites is 1. The van der Waals surface area contributed by atoms with E-state index in [0.29, 0.717) is 5.75 Å². The van der Waals surface area contributed by atoms with Crippen LogP contribution in [-0.2, 0) is 19.5 Å². The second kappa shape index (κ2) is 9.37. The number of fused-ring (bicyclic) bond motifs is 1. The van der Waals surface area contributed by atoms with Gasteiger partial charge in [-0.2, -0.15) is 0 Å². The van der Waals surface area contributed by atoms with Gasteiger partial charge in [0.25, 0.3) is 0 Å². The van der Waals surface area contributed by atoms with Crippen LogP contribution in [0.2, 0.25) is 0 Å². The van der Waals surface area contributed by atoms with Gasteiger partial charge in [-0.1, -0.05) is 52.3 Å². The lowest BCUT2D eigenvalue weighted by Crippen LogP contribution is -2.25. The Morgan fingerprint density at radius 3 is 2.47 bits per heavy atom. The zero-order valence-electron chi connectivity index (χ0n) is 16.9. The Morgan fingerprint density at radius 1 is 0.967 bits per heavy atom. The Kier molecular flexibility index (Phi) is 6.41. The number of nitrogens with zero attached hydrogens (tertiary/aromatic N) is 1. The zero-order valence-corrected chi connectivity index (χ0v) is 18.5. The van der Waals surface area contributed by atoms with Crippen molar-refractivity contribution in [1.82, 2.24) is 9.88 Å². The van der Waals surface area contributed by atoms with E-state index in [1.165, 1.54) is 22.0 Å². The van der Waals surface area contributed by atoms with E-state index in [-0.39, 0.29) is 5.75 Å². The summed E-state index contributed by atoms with van der Waals surface area (Å²) in [6.07, 6.45) is 3.06. The molecule has 2 N–H and O–H groups in total. The van der Waals surface area contributed by atoms with Gasteiger partial charge in [-0.15, -0.1) is 0 Å². The lowest BCUT2D eigenvalue weighted by Gasteiger charge is -2.23. The van der Waals surface area contributed by atoms with E-state index in [2.05, 4.69) is 80.5 Å². The van der Waals surface area contributed by atoms with Gasteiger partial charge in [-0.05, 0) is 53.4 Å². The molecule has 0 aliphatic carbocycles. The van der Waals surface area contributed by atoms with E-state index < -0.39 is 0 Å². The molecule has 5 heteroatoms. The molecular formula is C25H25BrN2O2. The monoisotopic (exact) mass is 464 g/mol. The zero-order chi connectivity index (χ0) is 20.9. The number of aromatic hydroxyl groups is 1. The maximum Gasteiger partial charge on any atom is 0.160 e. The molecule has 0 aliphatic rings. The van der Waals surface area contributed by atoms with Crippen LogP contribution in [0.4, 0.5) is 0 Å². The van der Waals surface area contributed by atoms with Gasteiger partial charge in [0, 0.05) is 41.2 Å². The van der Waals surface area contributed by atoms with E-state index in [4.69, 9.17) is 4.74 Å². The van der Waals surface area contributed by atoms with E-state index in [0.717, 1.165) is 36.1 Å². The number of halogens is 1. The SMILES string of the molecule is COc1ccc(CN(CCc2c[nH]c3ccccc23)Cc2ccc(Br)cc2)cc1O. The number of benzene rings is 3. The molecule has 1 aromatic heterocycles. The number of aromatic nitrogens is 1. The highest BCUT2D eigenvalue weighted by Gasteiger charge is 2.12. The van der Waals surface area contributed by atoms with Crippen LogP contribution >= 0.6 is 15.9 Å². The Morgan fingerprint density at radius 2 is 1.70 bits per heavy atom. The molecule has 0 radical (unpaired) electrons. The van der Waals surface area contributed by atoms with Crippen LogP contribution in [0, 0.1) is 0 Å². The van der Waals surface area contributed by atoms with E-state index >= 15 is 0 Å². The van der Waals surface area contributed by atoms with Crippen molar-refractivity contribution in [2.24, 2.45) is 0 Å². The van der Waals surface area contributed by atoms with Crippen molar-refractivity contribution in [2.45, 2.75) is 19.5 Å². The molecule has 30 heavy (non-hydrogen) atoms. The Balaban J connectivity index is 1.53. The van der Waals surface area contributed by atoms with Gasteiger partial charge in [0.2, 0.25) is 0 Å². The molecule has 0 atom stereocenters. The maximum absolute atomic E-state index is 10.2. The number of phenols is 1. The molecule has 0 spiro atoms. The standard InChI is InChI=1S/C25H25BrN2O2/c1-30-25-11-8-19(14-24(25)29)17-28(16-18-6-9-21(26)10-7-18)13-12-20-15-27-23-5-3-2-4-22(20)23/h2-11,14-15,27,29H,12-13,16-17H2,1H3. The summed E-state index contributed by atoms with van der Waals surface area (Å²) in [4.78, 5) is 5.78. The molecule has 1 heterocycles. The molecule has 4 nitrogen and oxygen atoms in total. The summed E-state index contributed by atoms with van der Waals surface area (Å²) in [5.74, 6) is 0.673. The first-order chi connectivity index (χ1) is 14.6. The Bertz CT molecular complexity index is 1120. The van der Waals surface area contributed by atoms with Gasteiger partial charge in [0.1, 0.15) is 0 Å². The minimum Gasteiger partial charge on any atom is -0.504 e. The van der Waals surface area contributed by atoms with Crippen LogP contribution in [0.3, 0.4) is 0 Å². The number of methoxy groups -OCH3 is 1. The molecule has 0 saturated carbocycles. The van der Waals surface area contributed by atoms with Gasteiger partial charge >= 0.3 is 0 Å². The van der Waals surface area contributed by atoms with Crippen molar-refractivity contribution >= 4 is 26.8 Å². The summed E-state index contributed by atoms with van der Waals surface area (Å²) in [6, 6.07) is 22.5. The average molecular weight is 465 g/mol. The second-order valence-electron chi connectivity index (χ2n) is 7.45. The Hall–Kier alpha value is -2.76. The van der Waals surface area contributed by atoms with E-state index in [9.17, 15) is 5.11 Å². The summed E-state index contributed by atoms with van der Waals surface area (Å²) >= 11 is 3.51. The quantitative estimate of drug-likeness (QED) is 0.341. The average Bonchev–Trinajstić information content (AvgIpc) is 3.17. The van der Waals surface area contributed by atoms with Gasteiger partial charge in [-0.25, -0.2) is 0 Å². The lowest BCUT2D eigenvalue weighted by molar-refractivity contribution is 0.259. The van der Waals surface area contributed by atoms with Crippen molar-refractivity contribution in [3.05, 3.63) is 94.1 Å². The van der Waals surface area contributed by atoms with Crippen molar-refractivity contribution < 1.29 is 9.84 Å². The number of phenolic OH excluding ortho intramolecular Hbond substituents is 1. The van der Waals surface area contributed by atoms with Crippen molar-refractivity contribution in [1.29, 1.82) is 0 Å². The minimum atomic E-state index is 0.176. The summed E-state index contributed by atoms with van der Waals surface area (Å²) in [6.45, 7) is 2.49. The molecule has 0 unspecified atom stereocenters. The number of H-pyrrole nitrogens is 1. The van der Waals surface area contributed by atoms with Crippen LogP contribution in [-0.4, -0.2) is 28.6 Å². The van der Waals surface area contributed by atoms with Gasteiger partial charge in [0.05, 0.1) is 7.11 Å². The van der Waals surface area contributed by atoms with E-state index in [1.807, 2.05) is 12.1 Å². The van der Waals surface area contributed by atoms with Gasteiger partial charge in [-0.3, -0.25) is 4.90 Å². The number of aromatic amines is 1. The fraction of sp³-hybridized carbons (Fsp3) is 0.200. The van der Waals surface area contributed by atoms with Crippen molar-refractivity contribution in [2.75, 3.05) is 13.7 Å². The van der Waals surface area contributed by atoms with Crippen LogP contribution in [0.15, 0.2) is 77.4 Å². The highest BCUT2D eigenvalue weighted by atomic mass is 79.9. The summed E-state index contributed by atoms with van der Waals surface area (Å²) in [7, 11) is 1.57. The van der Waals surface area contributed by atoms with Crippen molar-refractivity contribution in [3.63, 3.8) is 0 Å². The third-order valence-electron chi connectivity index (χ3n) is 5.34. The maximum atomic E-state index is 10.2. The van der Waals surface area contributed by atoms with Crippen LogP contribution in [0.5, 0.6) is 11.5 Å². The van der Waals surface area contributed by atoms with Crippen LogP contribution in [0.25, 0.3) is 10.9 Å². The Labute approximate surface area is 185 Å². The molecule has 4 aromatic rings. The molecule has 0 amide bonds. The summed E-state index contributed by atoms with van der Waals surface area (Å²) in [5.41, 5.74) is 4.82. The molecule has 0 saturated heterocycles. The predicted molar refractivity (Wildman–Crippen MR) is 125 cm³/mol. The first-order valence-corrected chi connectivity index (χ1v) is 10.8. The molecule has 4 rings (SSSR count). The first-order valence-electron chi connectivity index (χ1n) is 10.00.